The lowest BCUT2D eigenvalue weighted by Gasteiger charge is -2.43. The van der Waals surface area contributed by atoms with Crippen LogP contribution in [0.1, 0.15) is 43.6 Å². The van der Waals surface area contributed by atoms with Crippen molar-refractivity contribution in [3.63, 3.8) is 0 Å². The first-order valence-electron chi connectivity index (χ1n) is 11.4. The molecule has 2 aromatic rings. The van der Waals surface area contributed by atoms with Crippen molar-refractivity contribution in [2.45, 2.75) is 43.6 Å². The SMILES string of the molecule is CN1CCN(CC(c2ccc(-c3ccccc3)cc2[N+](=O)[O-])C2(O)CCCCC2)CC1. The first-order chi connectivity index (χ1) is 15.0. The smallest absolute Gasteiger partial charge is 0.273 e. The van der Waals surface area contributed by atoms with Crippen LogP contribution >= 0.6 is 0 Å². The van der Waals surface area contributed by atoms with Gasteiger partial charge < -0.3 is 14.9 Å². The Bertz CT molecular complexity index is 888. The summed E-state index contributed by atoms with van der Waals surface area (Å²) in [6, 6.07) is 15.3. The molecule has 1 saturated heterocycles. The Balaban J connectivity index is 1.71. The lowest BCUT2D eigenvalue weighted by Crippen LogP contribution is -2.50. The number of nitrogens with zero attached hydrogens (tertiary/aromatic N) is 3. The minimum absolute atomic E-state index is 0.125. The number of rotatable bonds is 6. The highest BCUT2D eigenvalue weighted by molar-refractivity contribution is 5.68. The lowest BCUT2D eigenvalue weighted by atomic mass is 9.72. The Morgan fingerprint density at radius 1 is 1.00 bits per heavy atom. The minimum atomic E-state index is -0.888. The molecule has 2 aliphatic rings. The Hall–Kier alpha value is -2.28. The van der Waals surface area contributed by atoms with Crippen LogP contribution in [0.25, 0.3) is 11.1 Å². The summed E-state index contributed by atoms with van der Waals surface area (Å²) in [6.07, 6.45) is 4.50. The maximum absolute atomic E-state index is 12.1. The van der Waals surface area contributed by atoms with Gasteiger partial charge in [0.25, 0.3) is 5.69 Å². The van der Waals surface area contributed by atoms with Gasteiger partial charge in [-0.1, -0.05) is 61.7 Å². The fraction of sp³-hybridized carbons (Fsp3) is 0.520. The molecular formula is C25H33N3O3. The molecule has 166 valence electrons. The van der Waals surface area contributed by atoms with Gasteiger partial charge in [0.15, 0.2) is 0 Å². The van der Waals surface area contributed by atoms with Crippen molar-refractivity contribution in [2.75, 3.05) is 39.8 Å². The van der Waals surface area contributed by atoms with Gasteiger partial charge in [0.2, 0.25) is 0 Å². The van der Waals surface area contributed by atoms with Gasteiger partial charge in [-0.15, -0.1) is 0 Å². The molecule has 1 unspecified atom stereocenters. The molecule has 0 bridgehead atoms. The van der Waals surface area contributed by atoms with Crippen LogP contribution in [0.5, 0.6) is 0 Å². The van der Waals surface area contributed by atoms with E-state index in [2.05, 4.69) is 16.8 Å². The van der Waals surface area contributed by atoms with Gasteiger partial charge in [-0.3, -0.25) is 10.1 Å². The molecule has 0 amide bonds. The van der Waals surface area contributed by atoms with Crippen molar-refractivity contribution < 1.29 is 10.0 Å². The normalized spacial score (nSPS) is 21.0. The summed E-state index contributed by atoms with van der Waals surface area (Å²) in [6.45, 7) is 4.49. The molecular weight excluding hydrogens is 390 g/mol. The molecule has 2 fully saturated rings. The van der Waals surface area contributed by atoms with Gasteiger partial charge in [0.05, 0.1) is 10.5 Å². The second-order valence-corrected chi connectivity index (χ2v) is 9.22. The topological polar surface area (TPSA) is 69.9 Å². The van der Waals surface area contributed by atoms with Crippen LogP contribution < -0.4 is 0 Å². The summed E-state index contributed by atoms with van der Waals surface area (Å²) in [5, 5.41) is 23.8. The van der Waals surface area contributed by atoms with Crippen LogP contribution in [0, 0.1) is 10.1 Å². The van der Waals surface area contributed by atoms with E-state index in [4.69, 9.17) is 0 Å². The summed E-state index contributed by atoms with van der Waals surface area (Å²) in [5.74, 6) is -0.263. The van der Waals surface area contributed by atoms with Crippen molar-refractivity contribution >= 4 is 5.69 Å². The number of hydrogen-bond acceptors (Lipinski definition) is 5. The molecule has 1 aliphatic heterocycles. The molecule has 1 saturated carbocycles. The fourth-order valence-electron chi connectivity index (χ4n) is 5.17. The molecule has 4 rings (SSSR count). The fourth-order valence-corrected chi connectivity index (χ4v) is 5.17. The third-order valence-electron chi connectivity index (χ3n) is 7.11. The summed E-state index contributed by atoms with van der Waals surface area (Å²) in [4.78, 5) is 16.5. The van der Waals surface area contributed by atoms with Gasteiger partial charge in [-0.25, -0.2) is 0 Å². The third kappa shape index (κ3) is 4.97. The highest BCUT2D eigenvalue weighted by atomic mass is 16.6. The quantitative estimate of drug-likeness (QED) is 0.554. The molecule has 6 nitrogen and oxygen atoms in total. The number of aliphatic hydroxyl groups is 1. The molecule has 0 spiro atoms. The Kier molecular flexibility index (Phi) is 6.70. The van der Waals surface area contributed by atoms with Gasteiger partial charge in [0.1, 0.15) is 0 Å². The second-order valence-electron chi connectivity index (χ2n) is 9.22. The Labute approximate surface area is 184 Å². The Morgan fingerprint density at radius 3 is 2.32 bits per heavy atom. The molecule has 0 aromatic heterocycles. The number of nitro groups is 1. The van der Waals surface area contributed by atoms with Gasteiger partial charge in [-0.2, -0.15) is 0 Å². The molecule has 1 aliphatic carbocycles. The van der Waals surface area contributed by atoms with E-state index in [1.54, 1.807) is 6.07 Å². The molecule has 31 heavy (non-hydrogen) atoms. The predicted octanol–water partition coefficient (Wildman–Crippen LogP) is 4.29. The maximum Gasteiger partial charge on any atom is 0.273 e. The van der Waals surface area contributed by atoms with Gasteiger partial charge >= 0.3 is 0 Å². The molecule has 1 heterocycles. The summed E-state index contributed by atoms with van der Waals surface area (Å²) < 4.78 is 0. The van der Waals surface area contributed by atoms with Crippen molar-refractivity contribution in [2.24, 2.45) is 0 Å². The van der Waals surface area contributed by atoms with E-state index in [-0.39, 0.29) is 16.5 Å². The zero-order chi connectivity index (χ0) is 21.8. The minimum Gasteiger partial charge on any atom is -0.389 e. The zero-order valence-electron chi connectivity index (χ0n) is 18.4. The largest absolute Gasteiger partial charge is 0.389 e. The zero-order valence-corrected chi connectivity index (χ0v) is 18.4. The molecule has 1 atom stereocenters. The van der Waals surface area contributed by atoms with Crippen LogP contribution in [-0.4, -0.2) is 65.2 Å². The van der Waals surface area contributed by atoms with E-state index in [1.807, 2.05) is 42.5 Å². The Morgan fingerprint density at radius 2 is 1.68 bits per heavy atom. The van der Waals surface area contributed by atoms with Crippen molar-refractivity contribution in [1.29, 1.82) is 0 Å². The average molecular weight is 424 g/mol. The van der Waals surface area contributed by atoms with Crippen LogP contribution in [0.3, 0.4) is 0 Å². The number of benzene rings is 2. The molecule has 0 radical (unpaired) electrons. The van der Waals surface area contributed by atoms with Gasteiger partial charge in [0, 0.05) is 50.3 Å². The van der Waals surface area contributed by atoms with Crippen LogP contribution in [-0.2, 0) is 0 Å². The molecule has 1 N–H and O–H groups in total. The molecule has 2 aromatic carbocycles. The van der Waals surface area contributed by atoms with E-state index < -0.39 is 5.60 Å². The van der Waals surface area contributed by atoms with Crippen molar-refractivity contribution in [1.82, 2.24) is 9.80 Å². The number of nitro benzene ring substituents is 1. The van der Waals surface area contributed by atoms with E-state index >= 15 is 0 Å². The highest BCUT2D eigenvalue weighted by Gasteiger charge is 2.42. The van der Waals surface area contributed by atoms with E-state index in [0.29, 0.717) is 24.9 Å². The standard InChI is InChI=1S/C25H33N3O3/c1-26-14-16-27(17-15-26)19-23(25(29)12-6-3-7-13-25)22-11-10-21(18-24(22)28(30)31)20-8-4-2-5-9-20/h2,4-5,8-11,18,23,29H,3,6-7,12-17,19H2,1H3. The average Bonchev–Trinajstić information content (AvgIpc) is 2.79. The number of likely N-dealkylation sites (N-methyl/N-ethyl adjacent to an activating group) is 1. The first-order valence-corrected chi connectivity index (χ1v) is 11.4. The van der Waals surface area contributed by atoms with Crippen LogP contribution in [0.4, 0.5) is 5.69 Å². The maximum atomic E-state index is 12.1. The summed E-state index contributed by atoms with van der Waals surface area (Å²) in [7, 11) is 2.12. The van der Waals surface area contributed by atoms with Crippen LogP contribution in [0.15, 0.2) is 48.5 Å². The van der Waals surface area contributed by atoms with Crippen LogP contribution in [0.2, 0.25) is 0 Å². The van der Waals surface area contributed by atoms with E-state index in [0.717, 1.165) is 56.6 Å². The predicted molar refractivity (Wildman–Crippen MR) is 123 cm³/mol. The number of piperazine rings is 1. The van der Waals surface area contributed by atoms with E-state index in [9.17, 15) is 15.2 Å². The van der Waals surface area contributed by atoms with Gasteiger partial charge in [-0.05, 0) is 31.0 Å². The monoisotopic (exact) mass is 423 g/mol. The lowest BCUT2D eigenvalue weighted by molar-refractivity contribution is -0.386. The van der Waals surface area contributed by atoms with Crippen molar-refractivity contribution in [3.05, 3.63) is 64.2 Å². The van der Waals surface area contributed by atoms with E-state index in [1.165, 1.54) is 0 Å². The molecule has 6 heteroatoms. The first kappa shape index (κ1) is 21.9. The highest BCUT2D eigenvalue weighted by Crippen LogP contribution is 2.44. The summed E-state index contributed by atoms with van der Waals surface area (Å²) in [5.41, 5.74) is 1.71. The van der Waals surface area contributed by atoms with Crippen molar-refractivity contribution in [3.8, 4) is 11.1 Å². The second kappa shape index (κ2) is 9.47. The third-order valence-corrected chi connectivity index (χ3v) is 7.11. The number of hydrogen-bond donors (Lipinski definition) is 1. The summed E-state index contributed by atoms with van der Waals surface area (Å²) >= 11 is 0.